The number of carbonyl (C=O) groups excluding carboxylic acids is 1. The van der Waals surface area contributed by atoms with Gasteiger partial charge in [0.1, 0.15) is 0 Å². The van der Waals surface area contributed by atoms with E-state index in [-0.39, 0.29) is 28.4 Å². The number of halogens is 3. The molecule has 1 saturated heterocycles. The molecule has 3 rings (SSSR count). The van der Waals surface area contributed by atoms with Crippen LogP contribution in [-0.2, 0) is 16.7 Å². The topological polar surface area (TPSA) is 59.2 Å². The molecule has 1 aliphatic heterocycles. The second-order valence-electron chi connectivity index (χ2n) is 6.78. The number of likely N-dealkylation sites (tertiary alicyclic amines) is 1. The van der Waals surface area contributed by atoms with Gasteiger partial charge in [0.2, 0.25) is 17.6 Å². The highest BCUT2D eigenvalue weighted by Gasteiger charge is 2.31. The lowest BCUT2D eigenvalue weighted by atomic mass is 10.1. The molecule has 0 aliphatic carbocycles. The quantitative estimate of drug-likeness (QED) is 0.706. The highest BCUT2D eigenvalue weighted by Crippen LogP contribution is 2.31. The molecule has 1 unspecified atom stereocenters. The van der Waals surface area contributed by atoms with Crippen LogP contribution in [0.3, 0.4) is 0 Å². The molecule has 2 aromatic rings. The first kappa shape index (κ1) is 20.7. The summed E-state index contributed by atoms with van der Waals surface area (Å²) in [5.74, 6) is 0.817. The van der Waals surface area contributed by atoms with Crippen molar-refractivity contribution in [1.29, 1.82) is 0 Å². The highest BCUT2D eigenvalue weighted by molar-refractivity contribution is 7.99. The van der Waals surface area contributed by atoms with Crippen molar-refractivity contribution in [2.75, 3.05) is 13.1 Å². The SMILES string of the molecule is CC(SCc1nc(-c2cccc(C(F)(F)F)c2)no1)C(=O)N1CCCCCC1. The largest absolute Gasteiger partial charge is 0.416 e. The van der Waals surface area contributed by atoms with Gasteiger partial charge in [0.05, 0.1) is 16.6 Å². The number of nitrogens with zero attached hydrogens (tertiary/aromatic N) is 3. The van der Waals surface area contributed by atoms with E-state index in [4.69, 9.17) is 4.52 Å². The van der Waals surface area contributed by atoms with E-state index in [0.29, 0.717) is 5.75 Å². The van der Waals surface area contributed by atoms with Gasteiger partial charge in [0.25, 0.3) is 0 Å². The molecule has 5 nitrogen and oxygen atoms in total. The van der Waals surface area contributed by atoms with E-state index in [2.05, 4.69) is 10.1 Å². The maximum absolute atomic E-state index is 12.8. The fraction of sp³-hybridized carbons (Fsp3) is 0.526. The molecule has 1 aromatic heterocycles. The highest BCUT2D eigenvalue weighted by atomic mass is 32.2. The molecule has 1 aromatic carbocycles. The number of amides is 1. The Kier molecular flexibility index (Phi) is 6.64. The summed E-state index contributed by atoms with van der Waals surface area (Å²) in [5, 5.41) is 3.52. The zero-order valence-electron chi connectivity index (χ0n) is 15.5. The van der Waals surface area contributed by atoms with E-state index in [9.17, 15) is 18.0 Å². The van der Waals surface area contributed by atoms with Crippen LogP contribution in [0.1, 0.15) is 44.1 Å². The molecule has 1 amide bonds. The smallest absolute Gasteiger partial charge is 0.342 e. The van der Waals surface area contributed by atoms with Gasteiger partial charge >= 0.3 is 6.18 Å². The lowest BCUT2D eigenvalue weighted by molar-refractivity contribution is -0.137. The van der Waals surface area contributed by atoms with Crippen LogP contribution in [0, 0.1) is 0 Å². The summed E-state index contributed by atoms with van der Waals surface area (Å²) in [4.78, 5) is 18.6. The van der Waals surface area contributed by atoms with Crippen molar-refractivity contribution in [3.05, 3.63) is 35.7 Å². The Balaban J connectivity index is 1.59. The predicted octanol–water partition coefficient (Wildman–Crippen LogP) is 4.78. The third kappa shape index (κ3) is 5.27. The van der Waals surface area contributed by atoms with Crippen LogP contribution in [-0.4, -0.2) is 39.3 Å². The number of hydrogen-bond acceptors (Lipinski definition) is 5. The number of carbonyl (C=O) groups is 1. The summed E-state index contributed by atoms with van der Waals surface area (Å²) in [6.07, 6.45) is -0.0426. The van der Waals surface area contributed by atoms with Gasteiger partial charge in [-0.25, -0.2) is 0 Å². The minimum atomic E-state index is -4.43. The first-order valence-electron chi connectivity index (χ1n) is 9.25. The number of aromatic nitrogens is 2. The van der Waals surface area contributed by atoms with Crippen molar-refractivity contribution < 1.29 is 22.5 Å². The van der Waals surface area contributed by atoms with Gasteiger partial charge in [-0.05, 0) is 31.9 Å². The van der Waals surface area contributed by atoms with E-state index >= 15 is 0 Å². The summed E-state index contributed by atoms with van der Waals surface area (Å²) >= 11 is 1.39. The van der Waals surface area contributed by atoms with Crippen LogP contribution in [0.25, 0.3) is 11.4 Å². The summed E-state index contributed by atoms with van der Waals surface area (Å²) < 4.78 is 43.7. The molecule has 0 spiro atoms. The fourth-order valence-corrected chi connectivity index (χ4v) is 3.88. The summed E-state index contributed by atoms with van der Waals surface area (Å²) in [7, 11) is 0. The van der Waals surface area contributed by atoms with Crippen molar-refractivity contribution in [1.82, 2.24) is 15.0 Å². The van der Waals surface area contributed by atoms with Gasteiger partial charge in [-0.1, -0.05) is 30.1 Å². The second-order valence-corrected chi connectivity index (χ2v) is 8.11. The number of hydrogen-bond donors (Lipinski definition) is 0. The minimum absolute atomic E-state index is 0.101. The molecule has 9 heteroatoms. The number of rotatable bonds is 5. The van der Waals surface area contributed by atoms with Crippen molar-refractivity contribution in [2.45, 2.75) is 49.8 Å². The van der Waals surface area contributed by atoms with E-state index in [0.717, 1.165) is 50.9 Å². The minimum Gasteiger partial charge on any atom is -0.342 e. The zero-order valence-corrected chi connectivity index (χ0v) is 16.4. The average molecular weight is 413 g/mol. The third-order valence-electron chi connectivity index (χ3n) is 4.64. The molecule has 0 saturated carbocycles. The number of benzene rings is 1. The standard InChI is InChI=1S/C19H22F3N3O2S/c1-13(18(26)25-9-4-2-3-5-10-25)28-12-16-23-17(24-27-16)14-7-6-8-15(11-14)19(20,21)22/h6-8,11,13H,2-5,9-10,12H2,1H3. The molecule has 0 bridgehead atoms. The fourth-order valence-electron chi connectivity index (χ4n) is 3.08. The number of alkyl halides is 3. The van der Waals surface area contributed by atoms with Gasteiger partial charge < -0.3 is 9.42 Å². The van der Waals surface area contributed by atoms with Crippen LogP contribution < -0.4 is 0 Å². The Bertz CT molecular complexity index is 802. The van der Waals surface area contributed by atoms with E-state index < -0.39 is 11.7 Å². The lowest BCUT2D eigenvalue weighted by Crippen LogP contribution is -2.37. The van der Waals surface area contributed by atoms with E-state index in [1.165, 1.54) is 23.9 Å². The van der Waals surface area contributed by atoms with Crippen LogP contribution in [0.5, 0.6) is 0 Å². The van der Waals surface area contributed by atoms with Gasteiger partial charge in [-0.3, -0.25) is 4.79 Å². The second kappa shape index (κ2) is 8.98. The molecule has 1 aliphatic rings. The molecule has 152 valence electrons. The molecule has 1 atom stereocenters. The van der Waals surface area contributed by atoms with Gasteiger partial charge in [-0.2, -0.15) is 18.2 Å². The Morgan fingerprint density at radius 1 is 1.25 bits per heavy atom. The molecule has 28 heavy (non-hydrogen) atoms. The Morgan fingerprint density at radius 2 is 1.96 bits per heavy atom. The first-order valence-corrected chi connectivity index (χ1v) is 10.3. The lowest BCUT2D eigenvalue weighted by Gasteiger charge is -2.23. The summed E-state index contributed by atoms with van der Waals surface area (Å²) in [6, 6.07) is 4.80. The molecule has 1 fully saturated rings. The van der Waals surface area contributed by atoms with Crippen molar-refractivity contribution in [3.63, 3.8) is 0 Å². The van der Waals surface area contributed by atoms with Crippen LogP contribution >= 0.6 is 11.8 Å². The van der Waals surface area contributed by atoms with Crippen LogP contribution in [0.2, 0.25) is 0 Å². The average Bonchev–Trinajstić information content (AvgIpc) is 2.98. The van der Waals surface area contributed by atoms with Gasteiger partial charge in [-0.15, -0.1) is 11.8 Å². The first-order chi connectivity index (χ1) is 13.3. The third-order valence-corrected chi connectivity index (χ3v) is 5.75. The number of thioether (sulfide) groups is 1. The molecular weight excluding hydrogens is 391 g/mol. The molecule has 0 radical (unpaired) electrons. The van der Waals surface area contributed by atoms with E-state index in [1.807, 2.05) is 11.8 Å². The van der Waals surface area contributed by atoms with Gasteiger partial charge in [0.15, 0.2) is 0 Å². The molecule has 2 heterocycles. The van der Waals surface area contributed by atoms with Crippen LogP contribution in [0.4, 0.5) is 13.2 Å². The normalized spacial score (nSPS) is 16.6. The summed E-state index contributed by atoms with van der Waals surface area (Å²) in [6.45, 7) is 3.44. The monoisotopic (exact) mass is 413 g/mol. The zero-order chi connectivity index (χ0) is 20.1. The summed E-state index contributed by atoms with van der Waals surface area (Å²) in [5.41, 5.74) is -0.522. The van der Waals surface area contributed by atoms with E-state index in [1.54, 1.807) is 0 Å². The van der Waals surface area contributed by atoms with Crippen molar-refractivity contribution in [3.8, 4) is 11.4 Å². The Hall–Kier alpha value is -2.03. The molecule has 0 N–H and O–H groups in total. The maximum Gasteiger partial charge on any atom is 0.416 e. The maximum atomic E-state index is 12.8. The van der Waals surface area contributed by atoms with Crippen molar-refractivity contribution in [2.24, 2.45) is 0 Å². The van der Waals surface area contributed by atoms with Crippen LogP contribution in [0.15, 0.2) is 28.8 Å². The van der Waals surface area contributed by atoms with Gasteiger partial charge in [0, 0.05) is 18.7 Å². The van der Waals surface area contributed by atoms with Crippen molar-refractivity contribution >= 4 is 17.7 Å². The Morgan fingerprint density at radius 3 is 2.64 bits per heavy atom. The molecular formula is C19H22F3N3O2S. The Labute approximate surface area is 165 Å². The predicted molar refractivity (Wildman–Crippen MR) is 101 cm³/mol.